The van der Waals surface area contributed by atoms with Crippen molar-refractivity contribution in [1.82, 2.24) is 0 Å². The van der Waals surface area contributed by atoms with E-state index in [1.54, 1.807) is 21.3 Å². The van der Waals surface area contributed by atoms with Gasteiger partial charge < -0.3 is 14.2 Å². The van der Waals surface area contributed by atoms with Crippen LogP contribution in [0, 0.1) is 0 Å². The van der Waals surface area contributed by atoms with Crippen molar-refractivity contribution in [3.05, 3.63) is 71.8 Å². The maximum atomic E-state index is 5.49. The summed E-state index contributed by atoms with van der Waals surface area (Å²) in [6, 6.07) is 14.0. The second kappa shape index (κ2) is 7.71. The monoisotopic (exact) mass is 335 g/mol. The molecule has 25 heavy (non-hydrogen) atoms. The molecule has 1 unspecified atom stereocenters. The zero-order valence-corrected chi connectivity index (χ0v) is 14.6. The third kappa shape index (κ3) is 3.43. The lowest BCUT2D eigenvalue weighted by Crippen LogP contribution is -2.02. The van der Waals surface area contributed by atoms with E-state index in [0.717, 1.165) is 16.7 Å². The van der Waals surface area contributed by atoms with Gasteiger partial charge in [-0.3, -0.25) is 4.99 Å². The highest BCUT2D eigenvalue weighted by atomic mass is 16.5. The Bertz CT molecular complexity index is 797. The lowest BCUT2D eigenvalue weighted by atomic mass is 9.92. The van der Waals surface area contributed by atoms with Crippen LogP contribution in [-0.2, 0) is 0 Å². The minimum Gasteiger partial charge on any atom is -0.493 e. The highest BCUT2D eigenvalue weighted by molar-refractivity contribution is 5.82. The summed E-state index contributed by atoms with van der Waals surface area (Å²) < 4.78 is 16.4. The third-order valence-electron chi connectivity index (χ3n) is 4.12. The second-order valence-electron chi connectivity index (χ2n) is 5.53. The van der Waals surface area contributed by atoms with E-state index in [1.807, 2.05) is 48.7 Å². The number of methoxy groups -OCH3 is 3. The van der Waals surface area contributed by atoms with Gasteiger partial charge in [-0.05, 0) is 34.9 Å². The molecule has 0 fully saturated rings. The van der Waals surface area contributed by atoms with Crippen molar-refractivity contribution in [2.75, 3.05) is 21.3 Å². The van der Waals surface area contributed by atoms with Crippen molar-refractivity contribution in [3.8, 4) is 17.2 Å². The van der Waals surface area contributed by atoms with Crippen LogP contribution < -0.4 is 14.2 Å². The van der Waals surface area contributed by atoms with Gasteiger partial charge in [-0.2, -0.15) is 0 Å². The number of hydrogen-bond acceptors (Lipinski definition) is 4. The SMILES string of the molecule is COc1cc(C2=CC=CC=NC2c2ccccc2)cc(OC)c1OC. The minimum absolute atomic E-state index is 0.0981. The zero-order chi connectivity index (χ0) is 17.6. The van der Waals surface area contributed by atoms with Gasteiger partial charge >= 0.3 is 0 Å². The summed E-state index contributed by atoms with van der Waals surface area (Å²) in [5.41, 5.74) is 3.17. The molecule has 128 valence electrons. The number of nitrogens with zero attached hydrogens (tertiary/aromatic N) is 1. The van der Waals surface area contributed by atoms with E-state index in [-0.39, 0.29) is 6.04 Å². The summed E-state index contributed by atoms with van der Waals surface area (Å²) in [5, 5.41) is 0. The van der Waals surface area contributed by atoms with E-state index < -0.39 is 0 Å². The van der Waals surface area contributed by atoms with E-state index in [2.05, 4.69) is 18.2 Å². The van der Waals surface area contributed by atoms with Crippen molar-refractivity contribution in [2.24, 2.45) is 4.99 Å². The van der Waals surface area contributed by atoms with Gasteiger partial charge in [-0.15, -0.1) is 0 Å². The quantitative estimate of drug-likeness (QED) is 0.809. The normalized spacial score (nSPS) is 16.1. The molecule has 3 rings (SSSR count). The summed E-state index contributed by atoms with van der Waals surface area (Å²) in [6.07, 6.45) is 7.83. The Labute approximate surface area is 148 Å². The van der Waals surface area contributed by atoms with Crippen molar-refractivity contribution >= 4 is 11.8 Å². The van der Waals surface area contributed by atoms with Crippen molar-refractivity contribution < 1.29 is 14.2 Å². The number of benzene rings is 2. The molecule has 4 nitrogen and oxygen atoms in total. The van der Waals surface area contributed by atoms with E-state index in [1.165, 1.54) is 0 Å². The fourth-order valence-corrected chi connectivity index (χ4v) is 2.92. The Morgan fingerprint density at radius 2 is 1.52 bits per heavy atom. The lowest BCUT2D eigenvalue weighted by molar-refractivity contribution is 0.324. The Kier molecular flexibility index (Phi) is 5.19. The molecule has 0 spiro atoms. The number of ether oxygens (including phenoxy) is 3. The third-order valence-corrected chi connectivity index (χ3v) is 4.12. The average molecular weight is 335 g/mol. The molecule has 0 aliphatic carbocycles. The maximum absolute atomic E-state index is 5.49. The van der Waals surface area contributed by atoms with Gasteiger partial charge in [0.1, 0.15) is 6.04 Å². The molecule has 0 N–H and O–H groups in total. The van der Waals surface area contributed by atoms with Gasteiger partial charge in [0.2, 0.25) is 5.75 Å². The zero-order valence-electron chi connectivity index (χ0n) is 14.6. The first kappa shape index (κ1) is 16.8. The largest absolute Gasteiger partial charge is 0.493 e. The van der Waals surface area contributed by atoms with Crippen LogP contribution in [0.15, 0.2) is 65.7 Å². The Balaban J connectivity index is 2.13. The summed E-state index contributed by atoms with van der Waals surface area (Å²) in [4.78, 5) is 4.71. The smallest absolute Gasteiger partial charge is 0.203 e. The van der Waals surface area contributed by atoms with E-state index in [0.29, 0.717) is 17.2 Å². The molecule has 1 aliphatic heterocycles. The highest BCUT2D eigenvalue weighted by Gasteiger charge is 2.21. The van der Waals surface area contributed by atoms with Gasteiger partial charge in [-0.25, -0.2) is 0 Å². The Morgan fingerprint density at radius 1 is 0.840 bits per heavy atom. The van der Waals surface area contributed by atoms with Crippen molar-refractivity contribution in [1.29, 1.82) is 0 Å². The first-order valence-electron chi connectivity index (χ1n) is 8.03. The van der Waals surface area contributed by atoms with Gasteiger partial charge in [0.05, 0.1) is 21.3 Å². The minimum atomic E-state index is -0.0981. The second-order valence-corrected chi connectivity index (χ2v) is 5.53. The molecule has 2 aromatic carbocycles. The fourth-order valence-electron chi connectivity index (χ4n) is 2.92. The molecule has 0 amide bonds. The van der Waals surface area contributed by atoms with Crippen LogP contribution in [0.4, 0.5) is 0 Å². The summed E-state index contributed by atoms with van der Waals surface area (Å²) >= 11 is 0. The fraction of sp³-hybridized carbons (Fsp3) is 0.190. The molecule has 1 heterocycles. The van der Waals surface area contributed by atoms with Crippen LogP contribution in [0.2, 0.25) is 0 Å². The number of rotatable bonds is 5. The highest BCUT2D eigenvalue weighted by Crippen LogP contribution is 2.43. The van der Waals surface area contributed by atoms with Crippen molar-refractivity contribution in [3.63, 3.8) is 0 Å². The average Bonchev–Trinajstić information content (AvgIpc) is 2.93. The maximum Gasteiger partial charge on any atom is 0.203 e. The molecular weight excluding hydrogens is 314 g/mol. The molecule has 0 saturated carbocycles. The van der Waals surface area contributed by atoms with Gasteiger partial charge in [0, 0.05) is 6.21 Å². The van der Waals surface area contributed by atoms with E-state index in [4.69, 9.17) is 19.2 Å². The van der Waals surface area contributed by atoms with Crippen LogP contribution in [0.25, 0.3) is 5.57 Å². The standard InChI is InChI=1S/C21H21NO3/c1-23-18-13-16(14-19(24-2)21(18)25-3)17-11-7-8-12-22-20(17)15-9-5-4-6-10-15/h4-14,20H,1-3H3. The number of allylic oxidation sites excluding steroid dienone is 3. The first-order chi connectivity index (χ1) is 12.3. The van der Waals surface area contributed by atoms with Gasteiger partial charge in [-0.1, -0.05) is 42.5 Å². The molecule has 0 radical (unpaired) electrons. The van der Waals surface area contributed by atoms with Crippen LogP contribution >= 0.6 is 0 Å². The molecule has 0 bridgehead atoms. The van der Waals surface area contributed by atoms with Crippen molar-refractivity contribution in [2.45, 2.75) is 6.04 Å². The molecule has 1 atom stereocenters. The van der Waals surface area contributed by atoms with E-state index >= 15 is 0 Å². The van der Waals surface area contributed by atoms with Gasteiger partial charge in [0.15, 0.2) is 11.5 Å². The Morgan fingerprint density at radius 3 is 2.12 bits per heavy atom. The number of aliphatic imine (C=N–C) groups is 1. The predicted molar refractivity (Wildman–Crippen MR) is 101 cm³/mol. The van der Waals surface area contributed by atoms with Crippen LogP contribution in [0.1, 0.15) is 17.2 Å². The molecule has 1 aliphatic rings. The molecular formula is C21H21NO3. The van der Waals surface area contributed by atoms with Crippen LogP contribution in [-0.4, -0.2) is 27.5 Å². The van der Waals surface area contributed by atoms with Crippen LogP contribution in [0.3, 0.4) is 0 Å². The topological polar surface area (TPSA) is 40.0 Å². The summed E-state index contributed by atoms with van der Waals surface area (Å²) in [6.45, 7) is 0. The molecule has 4 heteroatoms. The predicted octanol–water partition coefficient (Wildman–Crippen LogP) is 4.48. The molecule has 2 aromatic rings. The number of hydrogen-bond donors (Lipinski definition) is 0. The van der Waals surface area contributed by atoms with Gasteiger partial charge in [0.25, 0.3) is 0 Å². The lowest BCUT2D eigenvalue weighted by Gasteiger charge is -2.19. The Hall–Kier alpha value is -3.01. The first-order valence-corrected chi connectivity index (χ1v) is 8.03. The van der Waals surface area contributed by atoms with Crippen LogP contribution in [0.5, 0.6) is 17.2 Å². The molecule has 0 aromatic heterocycles. The summed E-state index contributed by atoms with van der Waals surface area (Å²) in [5.74, 6) is 1.84. The van der Waals surface area contributed by atoms with E-state index in [9.17, 15) is 0 Å². The molecule has 0 saturated heterocycles. The summed E-state index contributed by atoms with van der Waals surface area (Å²) in [7, 11) is 4.84.